The van der Waals surface area contributed by atoms with Gasteiger partial charge < -0.3 is 15.6 Å². The number of carbonyl (C=O) groups is 2. The predicted molar refractivity (Wildman–Crippen MR) is 103 cm³/mol. The zero-order valence-corrected chi connectivity index (χ0v) is 14.6. The largest absolute Gasteiger partial charge is 0.360 e. The van der Waals surface area contributed by atoms with E-state index in [1.54, 1.807) is 18.3 Å². The van der Waals surface area contributed by atoms with Crippen LogP contribution in [0.3, 0.4) is 0 Å². The highest BCUT2D eigenvalue weighted by atomic mass is 16.6. The van der Waals surface area contributed by atoms with Crippen molar-refractivity contribution in [2.24, 2.45) is 0 Å². The quantitative estimate of drug-likeness (QED) is 0.368. The Kier molecular flexibility index (Phi) is 4.36. The van der Waals surface area contributed by atoms with Crippen molar-refractivity contribution < 1.29 is 14.5 Å². The number of piperazine rings is 1. The number of carbonyl (C=O) groups excluding carboxylic acids is 2. The number of nitro benzene ring substituents is 1. The first-order valence-electron chi connectivity index (χ1n) is 8.65. The molecule has 8 nitrogen and oxygen atoms in total. The molecule has 8 heteroatoms. The van der Waals surface area contributed by atoms with Crippen molar-refractivity contribution in [1.82, 2.24) is 15.6 Å². The minimum atomic E-state index is -0.677. The van der Waals surface area contributed by atoms with E-state index in [2.05, 4.69) is 15.6 Å². The van der Waals surface area contributed by atoms with Gasteiger partial charge in [0.1, 0.15) is 11.7 Å². The maximum atomic E-state index is 12.5. The molecule has 0 radical (unpaired) electrons. The summed E-state index contributed by atoms with van der Waals surface area (Å²) in [6, 6.07) is 13.4. The van der Waals surface area contributed by atoms with E-state index in [1.807, 2.05) is 30.3 Å². The lowest BCUT2D eigenvalue weighted by Gasteiger charge is -2.25. The Morgan fingerprint density at radius 1 is 1.07 bits per heavy atom. The molecule has 1 aromatic heterocycles. The fraction of sp³-hybridized carbons (Fsp3) is 0.100. The number of nitrogens with zero attached hydrogens (tertiary/aromatic N) is 1. The number of amides is 2. The summed E-state index contributed by atoms with van der Waals surface area (Å²) in [6.07, 6.45) is 3.39. The molecule has 3 N–H and O–H groups in total. The van der Waals surface area contributed by atoms with E-state index in [-0.39, 0.29) is 17.3 Å². The normalized spacial score (nSPS) is 18.1. The summed E-state index contributed by atoms with van der Waals surface area (Å²) in [5.41, 5.74) is 1.94. The number of hydrogen-bond acceptors (Lipinski definition) is 4. The Balaban J connectivity index is 1.62. The molecular weight excluding hydrogens is 360 g/mol. The topological polar surface area (TPSA) is 117 Å². The Hall–Kier alpha value is -3.94. The summed E-state index contributed by atoms with van der Waals surface area (Å²) in [7, 11) is 0. The third-order valence-corrected chi connectivity index (χ3v) is 4.62. The Bertz CT molecular complexity index is 1120. The van der Waals surface area contributed by atoms with Crippen LogP contribution in [0.2, 0.25) is 0 Å². The number of benzene rings is 2. The zero-order chi connectivity index (χ0) is 19.7. The second kappa shape index (κ2) is 6.99. The van der Waals surface area contributed by atoms with E-state index in [4.69, 9.17) is 0 Å². The van der Waals surface area contributed by atoms with Gasteiger partial charge in [-0.05, 0) is 17.7 Å². The second-order valence-electron chi connectivity index (χ2n) is 6.46. The number of rotatable bonds is 4. The number of nitrogens with one attached hydrogen (secondary N) is 3. The van der Waals surface area contributed by atoms with E-state index < -0.39 is 16.9 Å². The molecule has 0 spiro atoms. The van der Waals surface area contributed by atoms with Crippen LogP contribution in [0.15, 0.2) is 60.4 Å². The first-order chi connectivity index (χ1) is 13.5. The molecule has 0 bridgehead atoms. The van der Waals surface area contributed by atoms with Crippen LogP contribution < -0.4 is 10.6 Å². The molecule has 3 aromatic rings. The van der Waals surface area contributed by atoms with Gasteiger partial charge in [0.2, 0.25) is 5.91 Å². The SMILES string of the molecule is O=C1N[C@H](Cc2ccccc2)C(=O)N/C1=C\c1c[nH]c2cccc([N+](=O)[O-])c12. The molecule has 1 aliphatic rings. The molecule has 2 amide bonds. The van der Waals surface area contributed by atoms with Gasteiger partial charge in [-0.1, -0.05) is 36.4 Å². The summed E-state index contributed by atoms with van der Waals surface area (Å²) in [5, 5.41) is 17.0. The fourth-order valence-electron chi connectivity index (χ4n) is 3.29. The van der Waals surface area contributed by atoms with Crippen molar-refractivity contribution in [2.45, 2.75) is 12.5 Å². The van der Waals surface area contributed by atoms with Crippen LogP contribution in [-0.4, -0.2) is 27.8 Å². The van der Waals surface area contributed by atoms with E-state index >= 15 is 0 Å². The third-order valence-electron chi connectivity index (χ3n) is 4.62. The highest BCUT2D eigenvalue weighted by Gasteiger charge is 2.30. The number of fused-ring (bicyclic) bond motifs is 1. The average Bonchev–Trinajstić information content (AvgIpc) is 3.09. The summed E-state index contributed by atoms with van der Waals surface area (Å²) in [6.45, 7) is 0. The van der Waals surface area contributed by atoms with Crippen molar-refractivity contribution in [3.05, 3.63) is 81.7 Å². The Morgan fingerprint density at radius 2 is 1.86 bits per heavy atom. The summed E-state index contributed by atoms with van der Waals surface area (Å²) >= 11 is 0. The molecule has 2 heterocycles. The first-order valence-corrected chi connectivity index (χ1v) is 8.65. The lowest BCUT2D eigenvalue weighted by molar-refractivity contribution is -0.383. The van der Waals surface area contributed by atoms with Crippen molar-refractivity contribution in [3.63, 3.8) is 0 Å². The van der Waals surface area contributed by atoms with Crippen molar-refractivity contribution >= 4 is 34.5 Å². The number of nitro groups is 1. The summed E-state index contributed by atoms with van der Waals surface area (Å²) < 4.78 is 0. The molecule has 140 valence electrons. The number of hydrogen-bond donors (Lipinski definition) is 3. The molecular formula is C20H16N4O4. The maximum Gasteiger partial charge on any atom is 0.279 e. The smallest absolute Gasteiger partial charge is 0.279 e. The van der Waals surface area contributed by atoms with Crippen LogP contribution in [0.25, 0.3) is 17.0 Å². The van der Waals surface area contributed by atoms with Gasteiger partial charge in [0.15, 0.2) is 0 Å². The lowest BCUT2D eigenvalue weighted by atomic mass is 10.0. The number of aromatic amines is 1. The number of H-pyrrole nitrogens is 1. The van der Waals surface area contributed by atoms with Gasteiger partial charge >= 0.3 is 0 Å². The van der Waals surface area contributed by atoms with Crippen LogP contribution in [0.4, 0.5) is 5.69 Å². The molecule has 1 saturated heterocycles. The van der Waals surface area contributed by atoms with Gasteiger partial charge in [-0.2, -0.15) is 0 Å². The van der Waals surface area contributed by atoms with E-state index in [1.165, 1.54) is 12.1 Å². The zero-order valence-electron chi connectivity index (χ0n) is 14.6. The minimum Gasteiger partial charge on any atom is -0.360 e. The van der Waals surface area contributed by atoms with Gasteiger partial charge in [-0.3, -0.25) is 19.7 Å². The molecule has 1 fully saturated rings. The van der Waals surface area contributed by atoms with Gasteiger partial charge in [-0.15, -0.1) is 0 Å². The molecule has 2 aromatic carbocycles. The monoisotopic (exact) mass is 376 g/mol. The van der Waals surface area contributed by atoms with Crippen LogP contribution in [0.1, 0.15) is 11.1 Å². The van der Waals surface area contributed by atoms with E-state index in [9.17, 15) is 19.7 Å². The van der Waals surface area contributed by atoms with Crippen molar-refractivity contribution in [2.75, 3.05) is 0 Å². The minimum absolute atomic E-state index is 0.0494. The summed E-state index contributed by atoms with van der Waals surface area (Å²) in [5.74, 6) is -0.766. The van der Waals surface area contributed by atoms with Gasteiger partial charge in [0.25, 0.3) is 11.6 Å². The molecule has 1 aliphatic heterocycles. The maximum absolute atomic E-state index is 12.5. The van der Waals surface area contributed by atoms with Crippen molar-refractivity contribution in [3.8, 4) is 0 Å². The molecule has 0 saturated carbocycles. The van der Waals surface area contributed by atoms with E-state index in [0.29, 0.717) is 22.9 Å². The fourth-order valence-corrected chi connectivity index (χ4v) is 3.29. The van der Waals surface area contributed by atoms with Crippen LogP contribution in [-0.2, 0) is 16.0 Å². The molecule has 0 unspecified atom stereocenters. The van der Waals surface area contributed by atoms with Gasteiger partial charge in [-0.25, -0.2) is 0 Å². The van der Waals surface area contributed by atoms with Crippen LogP contribution in [0, 0.1) is 10.1 Å². The van der Waals surface area contributed by atoms with Gasteiger partial charge in [0.05, 0.1) is 15.8 Å². The molecule has 28 heavy (non-hydrogen) atoms. The number of non-ortho nitro benzene ring substituents is 1. The summed E-state index contributed by atoms with van der Waals surface area (Å²) in [4.78, 5) is 38.7. The standard InChI is InChI=1S/C20H16N4O4/c25-19-15(9-12-5-2-1-3-6-12)22-20(26)16(23-19)10-13-11-21-14-7-4-8-17(18(13)14)24(27)28/h1-8,10-11,15,21H,9H2,(H,22,26)(H,23,25)/b16-10-/t15-/m1/s1. The first kappa shape index (κ1) is 17.5. The van der Waals surface area contributed by atoms with Crippen LogP contribution in [0.5, 0.6) is 0 Å². The highest BCUT2D eigenvalue weighted by molar-refractivity contribution is 6.09. The Labute approximate surface area is 159 Å². The van der Waals surface area contributed by atoms with Crippen LogP contribution >= 0.6 is 0 Å². The van der Waals surface area contributed by atoms with E-state index in [0.717, 1.165) is 5.56 Å². The average molecular weight is 376 g/mol. The third kappa shape index (κ3) is 3.23. The predicted octanol–water partition coefficient (Wildman–Crippen LogP) is 2.27. The lowest BCUT2D eigenvalue weighted by Crippen LogP contribution is -2.55. The molecule has 0 aliphatic carbocycles. The second-order valence-corrected chi connectivity index (χ2v) is 6.46. The number of aromatic nitrogens is 1. The van der Waals surface area contributed by atoms with Crippen molar-refractivity contribution in [1.29, 1.82) is 0 Å². The molecule has 4 rings (SSSR count). The molecule has 1 atom stereocenters. The van der Waals surface area contributed by atoms with Gasteiger partial charge in [0, 0.05) is 24.2 Å². The highest BCUT2D eigenvalue weighted by Crippen LogP contribution is 2.29. The Morgan fingerprint density at radius 3 is 2.61 bits per heavy atom.